The van der Waals surface area contributed by atoms with Gasteiger partial charge in [-0.25, -0.2) is 0 Å². The van der Waals surface area contributed by atoms with Gasteiger partial charge in [-0.15, -0.1) is 12.3 Å². The van der Waals surface area contributed by atoms with Crippen molar-refractivity contribution >= 4 is 0 Å². The molecule has 1 aliphatic rings. The maximum absolute atomic E-state index is 5.17. The Morgan fingerprint density at radius 1 is 1.23 bits per heavy atom. The summed E-state index contributed by atoms with van der Waals surface area (Å²) in [6.07, 6.45) is 14.4. The first-order valence-electron chi connectivity index (χ1n) is 5.57. The van der Waals surface area contributed by atoms with Gasteiger partial charge in [-0.05, 0) is 31.8 Å². The van der Waals surface area contributed by atoms with Crippen LogP contribution >= 0.6 is 0 Å². The molecule has 0 amide bonds. The first-order chi connectivity index (χ1) is 6.43. The number of rotatable bonds is 6. The highest BCUT2D eigenvalue weighted by Crippen LogP contribution is 2.26. The maximum atomic E-state index is 5.17. The van der Waals surface area contributed by atoms with Crippen molar-refractivity contribution < 1.29 is 0 Å². The summed E-state index contributed by atoms with van der Waals surface area (Å²) < 4.78 is 0. The van der Waals surface area contributed by atoms with Gasteiger partial charge in [0.25, 0.3) is 0 Å². The monoisotopic (exact) mass is 179 g/mol. The van der Waals surface area contributed by atoms with Gasteiger partial charge < -0.3 is 5.32 Å². The van der Waals surface area contributed by atoms with Crippen molar-refractivity contribution in [3.05, 3.63) is 0 Å². The van der Waals surface area contributed by atoms with Gasteiger partial charge in [0, 0.05) is 6.42 Å². The molecule has 13 heavy (non-hydrogen) atoms. The van der Waals surface area contributed by atoms with E-state index >= 15 is 0 Å². The Morgan fingerprint density at radius 2 is 2.00 bits per heavy atom. The van der Waals surface area contributed by atoms with E-state index in [2.05, 4.69) is 11.2 Å². The van der Waals surface area contributed by atoms with Crippen molar-refractivity contribution in [3.8, 4) is 12.3 Å². The maximum Gasteiger partial charge on any atom is 0.00981 e. The summed E-state index contributed by atoms with van der Waals surface area (Å²) in [6.45, 7) is 2.28. The summed E-state index contributed by atoms with van der Waals surface area (Å²) in [5.41, 5.74) is 0. The lowest BCUT2D eigenvalue weighted by Gasteiger charge is -2.08. The predicted molar refractivity (Wildman–Crippen MR) is 57.5 cm³/mol. The van der Waals surface area contributed by atoms with Gasteiger partial charge in [-0.1, -0.05) is 25.7 Å². The average molecular weight is 179 g/mol. The highest BCUT2D eigenvalue weighted by atomic mass is 14.8. The van der Waals surface area contributed by atoms with E-state index in [0.29, 0.717) is 0 Å². The van der Waals surface area contributed by atoms with Crippen LogP contribution in [-0.2, 0) is 0 Å². The van der Waals surface area contributed by atoms with Crippen molar-refractivity contribution in [1.82, 2.24) is 5.32 Å². The fourth-order valence-electron chi connectivity index (χ4n) is 2.05. The molecule has 0 aromatic heterocycles. The second-order valence-corrected chi connectivity index (χ2v) is 4.00. The van der Waals surface area contributed by atoms with Crippen molar-refractivity contribution in [2.24, 2.45) is 5.92 Å². The standard InChI is InChI=1S/C12H21N/c1-2-3-6-10-13-11-9-12-7-4-5-8-12/h1,12-13H,3-11H2. The van der Waals surface area contributed by atoms with Crippen LogP contribution in [0.25, 0.3) is 0 Å². The lowest BCUT2D eigenvalue weighted by atomic mass is 10.0. The van der Waals surface area contributed by atoms with E-state index in [1.54, 1.807) is 0 Å². The van der Waals surface area contributed by atoms with Gasteiger partial charge in [0.1, 0.15) is 0 Å². The first kappa shape index (κ1) is 10.6. The largest absolute Gasteiger partial charge is 0.317 e. The second kappa shape index (κ2) is 6.97. The molecule has 0 saturated heterocycles. The molecule has 0 unspecified atom stereocenters. The zero-order valence-corrected chi connectivity index (χ0v) is 8.52. The quantitative estimate of drug-likeness (QED) is 0.488. The zero-order chi connectivity index (χ0) is 9.36. The molecule has 0 aromatic rings. The number of nitrogens with one attached hydrogen (secondary N) is 1. The smallest absolute Gasteiger partial charge is 0.00981 e. The number of hydrogen-bond acceptors (Lipinski definition) is 1. The van der Waals surface area contributed by atoms with Crippen molar-refractivity contribution in [1.29, 1.82) is 0 Å². The normalized spacial score (nSPS) is 17.5. The summed E-state index contributed by atoms with van der Waals surface area (Å²) in [5.74, 6) is 3.67. The first-order valence-corrected chi connectivity index (χ1v) is 5.57. The number of hydrogen-bond donors (Lipinski definition) is 1. The molecule has 1 rings (SSSR count). The third-order valence-corrected chi connectivity index (χ3v) is 2.88. The molecule has 0 bridgehead atoms. The van der Waals surface area contributed by atoms with Crippen molar-refractivity contribution in [3.63, 3.8) is 0 Å². The Kier molecular flexibility index (Phi) is 5.69. The molecule has 1 aliphatic carbocycles. The van der Waals surface area contributed by atoms with Crippen molar-refractivity contribution in [2.45, 2.75) is 44.9 Å². The third kappa shape index (κ3) is 4.95. The highest BCUT2D eigenvalue weighted by Gasteiger charge is 2.13. The van der Waals surface area contributed by atoms with Crippen LogP contribution in [0.1, 0.15) is 44.9 Å². The number of terminal acetylenes is 1. The van der Waals surface area contributed by atoms with E-state index in [4.69, 9.17) is 6.42 Å². The Morgan fingerprint density at radius 3 is 2.69 bits per heavy atom. The van der Waals surface area contributed by atoms with Gasteiger partial charge in [-0.3, -0.25) is 0 Å². The Bertz CT molecular complexity index is 151. The highest BCUT2D eigenvalue weighted by molar-refractivity contribution is 4.83. The molecule has 1 nitrogen and oxygen atoms in total. The number of unbranched alkanes of at least 4 members (excludes halogenated alkanes) is 1. The summed E-state index contributed by atoms with van der Waals surface area (Å²) >= 11 is 0. The second-order valence-electron chi connectivity index (χ2n) is 4.00. The average Bonchev–Trinajstić information content (AvgIpc) is 2.63. The zero-order valence-electron chi connectivity index (χ0n) is 8.52. The minimum absolute atomic E-state index is 0.913. The van der Waals surface area contributed by atoms with Crippen LogP contribution in [0.3, 0.4) is 0 Å². The Labute approximate surface area is 82.3 Å². The summed E-state index contributed by atoms with van der Waals surface area (Å²) in [5, 5.41) is 3.45. The summed E-state index contributed by atoms with van der Waals surface area (Å²) in [6, 6.07) is 0. The van der Waals surface area contributed by atoms with Crippen molar-refractivity contribution in [2.75, 3.05) is 13.1 Å². The molecular formula is C12H21N. The topological polar surface area (TPSA) is 12.0 Å². The lowest BCUT2D eigenvalue weighted by molar-refractivity contribution is 0.476. The molecule has 1 N–H and O–H groups in total. The molecule has 0 aromatic carbocycles. The van der Waals surface area contributed by atoms with Crippen LogP contribution in [0.15, 0.2) is 0 Å². The van der Waals surface area contributed by atoms with Gasteiger partial charge in [0.2, 0.25) is 0 Å². The molecule has 0 aliphatic heterocycles. The fourth-order valence-corrected chi connectivity index (χ4v) is 2.05. The van der Waals surface area contributed by atoms with Gasteiger partial charge >= 0.3 is 0 Å². The predicted octanol–water partition coefficient (Wildman–Crippen LogP) is 2.57. The molecular weight excluding hydrogens is 158 g/mol. The van der Waals surface area contributed by atoms with Gasteiger partial charge in [0.15, 0.2) is 0 Å². The minimum atomic E-state index is 0.913. The molecule has 0 atom stereocenters. The fraction of sp³-hybridized carbons (Fsp3) is 0.833. The van der Waals surface area contributed by atoms with E-state index < -0.39 is 0 Å². The van der Waals surface area contributed by atoms with E-state index in [-0.39, 0.29) is 0 Å². The van der Waals surface area contributed by atoms with Gasteiger partial charge in [0.05, 0.1) is 0 Å². The third-order valence-electron chi connectivity index (χ3n) is 2.88. The molecule has 0 spiro atoms. The van der Waals surface area contributed by atoms with E-state index in [1.807, 2.05) is 0 Å². The Hall–Kier alpha value is -0.480. The van der Waals surface area contributed by atoms with Crippen LogP contribution < -0.4 is 5.32 Å². The summed E-state index contributed by atoms with van der Waals surface area (Å²) in [7, 11) is 0. The van der Waals surface area contributed by atoms with Crippen LogP contribution in [0.2, 0.25) is 0 Å². The molecule has 0 heterocycles. The van der Waals surface area contributed by atoms with E-state index in [1.165, 1.54) is 38.6 Å². The van der Waals surface area contributed by atoms with Crippen LogP contribution in [0.5, 0.6) is 0 Å². The van der Waals surface area contributed by atoms with E-state index in [9.17, 15) is 0 Å². The lowest BCUT2D eigenvalue weighted by Crippen LogP contribution is -2.18. The molecule has 1 saturated carbocycles. The molecule has 0 radical (unpaired) electrons. The molecule has 74 valence electrons. The van der Waals surface area contributed by atoms with E-state index in [0.717, 1.165) is 25.3 Å². The molecule has 1 heteroatoms. The van der Waals surface area contributed by atoms with Crippen LogP contribution in [-0.4, -0.2) is 13.1 Å². The van der Waals surface area contributed by atoms with Crippen LogP contribution in [0.4, 0.5) is 0 Å². The Balaban J connectivity index is 1.81. The van der Waals surface area contributed by atoms with Gasteiger partial charge in [-0.2, -0.15) is 0 Å². The molecule has 1 fully saturated rings. The minimum Gasteiger partial charge on any atom is -0.317 e. The SMILES string of the molecule is C#CCCCNCCC1CCCC1. The van der Waals surface area contributed by atoms with Crippen LogP contribution in [0, 0.1) is 18.3 Å². The summed E-state index contributed by atoms with van der Waals surface area (Å²) in [4.78, 5) is 0.